The summed E-state index contributed by atoms with van der Waals surface area (Å²) in [4.78, 5) is 12.2. The molecule has 3 rings (SSSR count). The lowest BCUT2D eigenvalue weighted by Gasteiger charge is -2.12. The number of nitrogens with zero attached hydrogens (tertiary/aromatic N) is 2. The Hall–Kier alpha value is -2.86. The summed E-state index contributed by atoms with van der Waals surface area (Å²) in [5.41, 5.74) is 2.28. The molecule has 0 spiro atoms. The van der Waals surface area contributed by atoms with E-state index in [4.69, 9.17) is 20.8 Å². The molecular weight excluding hydrogens is 354 g/mol. The first-order chi connectivity index (χ1) is 12.6. The van der Waals surface area contributed by atoms with Crippen molar-refractivity contribution in [1.82, 2.24) is 10.2 Å². The first kappa shape index (κ1) is 17.9. The predicted octanol–water partition coefficient (Wildman–Crippen LogP) is 4.28. The lowest BCUT2D eigenvalue weighted by Crippen LogP contribution is -2.13. The summed E-state index contributed by atoms with van der Waals surface area (Å²) in [5.74, 6) is 1.19. The zero-order chi connectivity index (χ0) is 18.5. The molecule has 0 aliphatic carbocycles. The number of carbonyl (C=O) groups is 1. The van der Waals surface area contributed by atoms with Gasteiger partial charge in [-0.1, -0.05) is 29.8 Å². The van der Waals surface area contributed by atoms with Crippen molar-refractivity contribution in [2.45, 2.75) is 19.8 Å². The molecule has 7 heteroatoms. The van der Waals surface area contributed by atoms with Gasteiger partial charge in [0.2, 0.25) is 17.7 Å². The van der Waals surface area contributed by atoms with Crippen LogP contribution in [0.4, 0.5) is 5.69 Å². The van der Waals surface area contributed by atoms with Crippen LogP contribution in [0.25, 0.3) is 11.5 Å². The monoisotopic (exact) mass is 371 g/mol. The summed E-state index contributed by atoms with van der Waals surface area (Å²) >= 11 is 6.07. The van der Waals surface area contributed by atoms with Crippen molar-refractivity contribution in [2.24, 2.45) is 0 Å². The number of aromatic nitrogens is 2. The molecule has 26 heavy (non-hydrogen) atoms. The minimum Gasteiger partial charge on any atom is -0.495 e. The van der Waals surface area contributed by atoms with E-state index >= 15 is 0 Å². The molecule has 0 saturated heterocycles. The molecule has 2 aromatic carbocycles. The number of hydrogen-bond donors (Lipinski definition) is 1. The smallest absolute Gasteiger partial charge is 0.247 e. The molecule has 0 bridgehead atoms. The lowest BCUT2D eigenvalue weighted by atomic mass is 10.2. The van der Waals surface area contributed by atoms with Crippen molar-refractivity contribution in [1.29, 1.82) is 0 Å². The number of halogens is 1. The van der Waals surface area contributed by atoms with Gasteiger partial charge in [0.1, 0.15) is 5.75 Å². The summed E-state index contributed by atoms with van der Waals surface area (Å²) in [5, 5.41) is 11.4. The van der Waals surface area contributed by atoms with Crippen LogP contribution in [0.15, 0.2) is 46.9 Å². The normalized spacial score (nSPS) is 10.6. The number of nitrogens with one attached hydrogen (secondary N) is 1. The highest BCUT2D eigenvalue weighted by molar-refractivity contribution is 6.31. The van der Waals surface area contributed by atoms with Gasteiger partial charge >= 0.3 is 0 Å². The standard InChI is InChI=1S/C19H18ClN3O3/c1-12-10-15(16(25-2)11-14(12)20)21-17(24)8-9-18-22-23-19(26-18)13-6-4-3-5-7-13/h3-7,10-11H,8-9H2,1-2H3,(H,21,24). The fraction of sp³-hybridized carbons (Fsp3) is 0.211. The summed E-state index contributed by atoms with van der Waals surface area (Å²) in [7, 11) is 1.53. The van der Waals surface area contributed by atoms with E-state index in [1.165, 1.54) is 7.11 Å². The van der Waals surface area contributed by atoms with Gasteiger partial charge in [0.25, 0.3) is 0 Å². The Kier molecular flexibility index (Phi) is 5.53. The molecule has 6 nitrogen and oxygen atoms in total. The minimum absolute atomic E-state index is 0.176. The third kappa shape index (κ3) is 4.21. The van der Waals surface area contributed by atoms with Crippen LogP contribution in [0.2, 0.25) is 5.02 Å². The predicted molar refractivity (Wildman–Crippen MR) is 99.4 cm³/mol. The number of carbonyl (C=O) groups excluding carboxylic acids is 1. The summed E-state index contributed by atoms with van der Waals surface area (Å²) < 4.78 is 10.9. The van der Waals surface area contributed by atoms with E-state index in [0.29, 0.717) is 34.7 Å². The van der Waals surface area contributed by atoms with Gasteiger partial charge in [-0.2, -0.15) is 0 Å². The molecule has 0 fully saturated rings. The zero-order valence-electron chi connectivity index (χ0n) is 14.5. The second-order valence-corrected chi connectivity index (χ2v) is 6.12. The molecule has 0 unspecified atom stereocenters. The van der Waals surface area contributed by atoms with E-state index < -0.39 is 0 Å². The number of rotatable bonds is 6. The molecule has 134 valence electrons. The maximum Gasteiger partial charge on any atom is 0.247 e. The highest BCUT2D eigenvalue weighted by Crippen LogP contribution is 2.31. The van der Waals surface area contributed by atoms with Gasteiger partial charge in [0, 0.05) is 29.5 Å². The van der Waals surface area contributed by atoms with E-state index in [1.807, 2.05) is 37.3 Å². The van der Waals surface area contributed by atoms with Crippen LogP contribution in [-0.2, 0) is 11.2 Å². The molecular formula is C19H18ClN3O3. The van der Waals surface area contributed by atoms with Gasteiger partial charge in [-0.25, -0.2) is 0 Å². The maximum absolute atomic E-state index is 12.2. The SMILES string of the molecule is COc1cc(Cl)c(C)cc1NC(=O)CCc1nnc(-c2ccccc2)o1. The molecule has 1 aromatic heterocycles. The number of aryl methyl sites for hydroxylation is 2. The molecule has 0 aliphatic rings. The first-order valence-corrected chi connectivity index (χ1v) is 8.46. The summed E-state index contributed by atoms with van der Waals surface area (Å²) in [6.07, 6.45) is 0.557. The zero-order valence-corrected chi connectivity index (χ0v) is 15.2. The Morgan fingerprint density at radius 3 is 2.73 bits per heavy atom. The van der Waals surface area contributed by atoms with Crippen LogP contribution in [0.3, 0.4) is 0 Å². The van der Waals surface area contributed by atoms with Crippen LogP contribution in [0, 0.1) is 6.92 Å². The van der Waals surface area contributed by atoms with Gasteiger partial charge in [0.15, 0.2) is 0 Å². The lowest BCUT2D eigenvalue weighted by molar-refractivity contribution is -0.116. The molecule has 0 radical (unpaired) electrons. The Labute approximate surface area is 156 Å². The van der Waals surface area contributed by atoms with Gasteiger partial charge in [-0.3, -0.25) is 4.79 Å². The first-order valence-electron chi connectivity index (χ1n) is 8.08. The third-order valence-corrected chi connectivity index (χ3v) is 4.22. The highest BCUT2D eigenvalue weighted by Gasteiger charge is 2.13. The average Bonchev–Trinajstić information content (AvgIpc) is 3.12. The average molecular weight is 372 g/mol. The van der Waals surface area contributed by atoms with E-state index in [2.05, 4.69) is 15.5 Å². The Morgan fingerprint density at radius 2 is 2.00 bits per heavy atom. The van der Waals surface area contributed by atoms with Crippen molar-refractivity contribution >= 4 is 23.2 Å². The summed E-state index contributed by atoms with van der Waals surface area (Å²) in [6.45, 7) is 1.86. The Morgan fingerprint density at radius 1 is 1.23 bits per heavy atom. The molecule has 0 saturated carbocycles. The Bertz CT molecular complexity index is 910. The van der Waals surface area contributed by atoms with Gasteiger partial charge in [-0.15, -0.1) is 10.2 Å². The van der Waals surface area contributed by atoms with Crippen molar-refractivity contribution in [3.63, 3.8) is 0 Å². The third-order valence-electron chi connectivity index (χ3n) is 3.81. The number of methoxy groups -OCH3 is 1. The van der Waals surface area contributed by atoms with Gasteiger partial charge in [-0.05, 0) is 30.7 Å². The topological polar surface area (TPSA) is 77.2 Å². The number of hydrogen-bond acceptors (Lipinski definition) is 5. The van der Waals surface area contributed by atoms with Crippen molar-refractivity contribution in [2.75, 3.05) is 12.4 Å². The second-order valence-electron chi connectivity index (χ2n) is 5.72. The number of benzene rings is 2. The summed E-state index contributed by atoms with van der Waals surface area (Å²) in [6, 6.07) is 12.9. The van der Waals surface area contributed by atoms with Gasteiger partial charge < -0.3 is 14.5 Å². The van der Waals surface area contributed by atoms with E-state index in [9.17, 15) is 4.79 Å². The highest BCUT2D eigenvalue weighted by atomic mass is 35.5. The van der Waals surface area contributed by atoms with Crippen LogP contribution in [-0.4, -0.2) is 23.2 Å². The molecule has 0 aliphatic heterocycles. The number of anilines is 1. The number of ether oxygens (including phenoxy) is 1. The fourth-order valence-electron chi connectivity index (χ4n) is 2.42. The maximum atomic E-state index is 12.2. The van der Waals surface area contributed by atoms with Crippen LogP contribution in [0.5, 0.6) is 5.75 Å². The van der Waals surface area contributed by atoms with Crippen molar-refractivity contribution in [3.05, 3.63) is 58.9 Å². The van der Waals surface area contributed by atoms with Gasteiger partial charge in [0.05, 0.1) is 12.8 Å². The fourth-order valence-corrected chi connectivity index (χ4v) is 2.57. The number of amides is 1. The quantitative estimate of drug-likeness (QED) is 0.699. The molecule has 0 atom stereocenters. The molecule has 1 amide bonds. The van der Waals surface area contributed by atoms with Crippen molar-refractivity contribution < 1.29 is 13.9 Å². The molecule has 1 heterocycles. The van der Waals surface area contributed by atoms with E-state index in [0.717, 1.165) is 11.1 Å². The largest absolute Gasteiger partial charge is 0.495 e. The van der Waals surface area contributed by atoms with E-state index in [-0.39, 0.29) is 12.3 Å². The molecule has 3 aromatic rings. The van der Waals surface area contributed by atoms with Crippen LogP contribution in [0.1, 0.15) is 17.9 Å². The van der Waals surface area contributed by atoms with Crippen LogP contribution < -0.4 is 10.1 Å². The second kappa shape index (κ2) is 8.01. The molecule has 1 N–H and O–H groups in total. The minimum atomic E-state index is -0.176. The van der Waals surface area contributed by atoms with Crippen LogP contribution >= 0.6 is 11.6 Å². The van der Waals surface area contributed by atoms with Crippen molar-refractivity contribution in [3.8, 4) is 17.2 Å². The van der Waals surface area contributed by atoms with E-state index in [1.54, 1.807) is 12.1 Å². The Balaban J connectivity index is 1.62.